The van der Waals surface area contributed by atoms with Gasteiger partial charge in [-0.2, -0.15) is 0 Å². The van der Waals surface area contributed by atoms with E-state index in [4.69, 9.17) is 25.8 Å². The van der Waals surface area contributed by atoms with Gasteiger partial charge in [0.1, 0.15) is 17.2 Å². The van der Waals surface area contributed by atoms with E-state index in [1.165, 1.54) is 6.08 Å². The van der Waals surface area contributed by atoms with Gasteiger partial charge in [-0.3, -0.25) is 0 Å². The van der Waals surface area contributed by atoms with Crippen molar-refractivity contribution >= 4 is 23.6 Å². The highest BCUT2D eigenvalue weighted by Gasteiger charge is 2.04. The van der Waals surface area contributed by atoms with Crippen molar-refractivity contribution in [3.05, 3.63) is 59.1 Å². The number of methoxy groups -OCH3 is 2. The van der Waals surface area contributed by atoms with Crippen LogP contribution in [0.4, 0.5) is 0 Å². The summed E-state index contributed by atoms with van der Waals surface area (Å²) in [7, 11) is 3.13. The second kappa shape index (κ2) is 7.52. The van der Waals surface area contributed by atoms with Crippen LogP contribution in [0.3, 0.4) is 0 Å². The normalized spacial score (nSPS) is 10.5. The van der Waals surface area contributed by atoms with E-state index >= 15 is 0 Å². The highest BCUT2D eigenvalue weighted by atomic mass is 35.5. The smallest absolute Gasteiger partial charge is 0.336 e. The van der Waals surface area contributed by atoms with E-state index in [0.717, 1.165) is 5.56 Å². The van der Waals surface area contributed by atoms with Crippen molar-refractivity contribution in [3.8, 4) is 17.2 Å². The van der Waals surface area contributed by atoms with Crippen LogP contribution in [0.25, 0.3) is 6.08 Å². The molecule has 0 atom stereocenters. The Morgan fingerprint density at radius 2 is 1.86 bits per heavy atom. The summed E-state index contributed by atoms with van der Waals surface area (Å²) in [5, 5.41) is 0.506. The monoisotopic (exact) mass is 318 g/mol. The zero-order valence-electron chi connectivity index (χ0n) is 12.2. The summed E-state index contributed by atoms with van der Waals surface area (Å²) in [6, 6.07) is 12.0. The Hall–Kier alpha value is -2.46. The number of esters is 1. The molecule has 4 nitrogen and oxygen atoms in total. The SMILES string of the molecule is COc1ccc(/C=C/C(=O)Oc2cccc(Cl)c2)c(OC)c1. The molecule has 0 radical (unpaired) electrons. The van der Waals surface area contributed by atoms with Crippen molar-refractivity contribution in [1.29, 1.82) is 0 Å². The third kappa shape index (κ3) is 4.27. The van der Waals surface area contributed by atoms with Crippen molar-refractivity contribution < 1.29 is 19.0 Å². The largest absolute Gasteiger partial charge is 0.497 e. The lowest BCUT2D eigenvalue weighted by Gasteiger charge is -2.07. The van der Waals surface area contributed by atoms with Gasteiger partial charge in [-0.1, -0.05) is 17.7 Å². The maximum Gasteiger partial charge on any atom is 0.336 e. The van der Waals surface area contributed by atoms with Crippen LogP contribution in [0.5, 0.6) is 17.2 Å². The van der Waals surface area contributed by atoms with Crippen molar-refractivity contribution in [3.63, 3.8) is 0 Å². The van der Waals surface area contributed by atoms with Crippen molar-refractivity contribution in [2.24, 2.45) is 0 Å². The van der Waals surface area contributed by atoms with E-state index in [1.54, 1.807) is 62.8 Å². The molecular formula is C17H15ClO4. The molecule has 0 saturated heterocycles. The molecule has 114 valence electrons. The van der Waals surface area contributed by atoms with Crippen LogP contribution in [0, 0.1) is 0 Å². The Kier molecular flexibility index (Phi) is 5.44. The molecule has 0 N–H and O–H groups in total. The van der Waals surface area contributed by atoms with E-state index in [-0.39, 0.29) is 0 Å². The lowest BCUT2D eigenvalue weighted by Crippen LogP contribution is -2.03. The number of benzene rings is 2. The van der Waals surface area contributed by atoms with Crippen LogP contribution in [0.2, 0.25) is 5.02 Å². The Labute approximate surface area is 133 Å². The summed E-state index contributed by atoms with van der Waals surface area (Å²) < 4.78 is 15.5. The molecule has 0 aliphatic heterocycles. The first-order valence-corrected chi connectivity index (χ1v) is 6.87. The van der Waals surface area contributed by atoms with Gasteiger partial charge in [-0.05, 0) is 36.4 Å². The van der Waals surface area contributed by atoms with E-state index in [9.17, 15) is 4.79 Å². The van der Waals surface area contributed by atoms with Crippen LogP contribution in [-0.4, -0.2) is 20.2 Å². The quantitative estimate of drug-likeness (QED) is 0.475. The molecule has 0 aliphatic carbocycles. The molecule has 0 unspecified atom stereocenters. The highest BCUT2D eigenvalue weighted by Crippen LogP contribution is 2.25. The van der Waals surface area contributed by atoms with E-state index < -0.39 is 5.97 Å². The molecule has 0 aliphatic rings. The van der Waals surface area contributed by atoms with Crippen LogP contribution in [0.1, 0.15) is 5.56 Å². The lowest BCUT2D eigenvalue weighted by molar-refractivity contribution is -0.128. The molecule has 2 aromatic rings. The standard InChI is InChI=1S/C17H15ClO4/c1-20-14-8-6-12(16(11-14)21-2)7-9-17(19)22-15-5-3-4-13(18)10-15/h3-11H,1-2H3/b9-7+. The fourth-order valence-corrected chi connectivity index (χ4v) is 1.97. The maximum absolute atomic E-state index is 11.8. The van der Waals surface area contributed by atoms with Crippen LogP contribution >= 0.6 is 11.6 Å². The number of ether oxygens (including phenoxy) is 3. The Morgan fingerprint density at radius 1 is 1.05 bits per heavy atom. The minimum atomic E-state index is -0.500. The average molecular weight is 319 g/mol. The van der Waals surface area contributed by atoms with Gasteiger partial charge in [0.25, 0.3) is 0 Å². The van der Waals surface area contributed by atoms with Crippen LogP contribution in [0.15, 0.2) is 48.5 Å². The Balaban J connectivity index is 2.09. The van der Waals surface area contributed by atoms with Gasteiger partial charge < -0.3 is 14.2 Å². The summed E-state index contributed by atoms with van der Waals surface area (Å²) in [6.45, 7) is 0. The van der Waals surface area contributed by atoms with E-state index in [2.05, 4.69) is 0 Å². The fourth-order valence-electron chi connectivity index (χ4n) is 1.79. The fraction of sp³-hybridized carbons (Fsp3) is 0.118. The zero-order chi connectivity index (χ0) is 15.9. The Morgan fingerprint density at radius 3 is 2.55 bits per heavy atom. The molecule has 0 aromatic heterocycles. The van der Waals surface area contributed by atoms with Crippen LogP contribution in [-0.2, 0) is 4.79 Å². The lowest BCUT2D eigenvalue weighted by atomic mass is 10.2. The van der Waals surface area contributed by atoms with Gasteiger partial charge in [0.15, 0.2) is 0 Å². The molecule has 5 heteroatoms. The minimum Gasteiger partial charge on any atom is -0.497 e. The van der Waals surface area contributed by atoms with Crippen molar-refractivity contribution in [1.82, 2.24) is 0 Å². The molecule has 0 spiro atoms. The predicted octanol–water partition coefficient (Wildman–Crippen LogP) is 3.98. The van der Waals surface area contributed by atoms with Gasteiger partial charge in [-0.25, -0.2) is 4.79 Å². The topological polar surface area (TPSA) is 44.8 Å². The number of rotatable bonds is 5. The number of hydrogen-bond acceptors (Lipinski definition) is 4. The van der Waals surface area contributed by atoms with Gasteiger partial charge >= 0.3 is 5.97 Å². The molecule has 0 heterocycles. The first kappa shape index (κ1) is 15.9. The first-order valence-electron chi connectivity index (χ1n) is 6.50. The number of carbonyl (C=O) groups is 1. The molecule has 0 fully saturated rings. The Bertz CT molecular complexity index is 695. The molecular weight excluding hydrogens is 304 g/mol. The second-order valence-corrected chi connectivity index (χ2v) is 4.76. The summed E-state index contributed by atoms with van der Waals surface area (Å²) in [5.41, 5.74) is 0.742. The maximum atomic E-state index is 11.8. The van der Waals surface area contributed by atoms with E-state index in [1.807, 2.05) is 0 Å². The average Bonchev–Trinajstić information content (AvgIpc) is 2.52. The second-order valence-electron chi connectivity index (χ2n) is 4.32. The van der Waals surface area contributed by atoms with Gasteiger partial charge in [0.2, 0.25) is 0 Å². The molecule has 2 rings (SSSR count). The van der Waals surface area contributed by atoms with Gasteiger partial charge in [0, 0.05) is 22.7 Å². The molecule has 0 saturated carbocycles. The minimum absolute atomic E-state index is 0.392. The summed E-state index contributed by atoms with van der Waals surface area (Å²) >= 11 is 5.83. The molecule has 0 amide bonds. The van der Waals surface area contributed by atoms with Crippen molar-refractivity contribution in [2.45, 2.75) is 0 Å². The van der Waals surface area contributed by atoms with E-state index in [0.29, 0.717) is 22.3 Å². The van der Waals surface area contributed by atoms with Crippen LogP contribution < -0.4 is 14.2 Å². The summed E-state index contributed by atoms with van der Waals surface area (Å²) in [6.07, 6.45) is 2.94. The third-order valence-corrected chi connectivity index (χ3v) is 3.09. The number of hydrogen-bond donors (Lipinski definition) is 0. The third-order valence-electron chi connectivity index (χ3n) is 2.85. The van der Waals surface area contributed by atoms with Gasteiger partial charge in [-0.15, -0.1) is 0 Å². The number of carbonyl (C=O) groups excluding carboxylic acids is 1. The molecule has 0 bridgehead atoms. The predicted molar refractivity (Wildman–Crippen MR) is 85.7 cm³/mol. The highest BCUT2D eigenvalue weighted by molar-refractivity contribution is 6.30. The summed E-state index contributed by atoms with van der Waals surface area (Å²) in [4.78, 5) is 11.8. The molecule has 22 heavy (non-hydrogen) atoms. The molecule has 2 aromatic carbocycles. The zero-order valence-corrected chi connectivity index (χ0v) is 13.0. The van der Waals surface area contributed by atoms with Gasteiger partial charge in [0.05, 0.1) is 14.2 Å². The first-order chi connectivity index (χ1) is 10.6. The number of halogens is 1. The van der Waals surface area contributed by atoms with Crippen molar-refractivity contribution in [2.75, 3.05) is 14.2 Å². The summed E-state index contributed by atoms with van der Waals surface area (Å²) in [5.74, 6) is 1.17.